The van der Waals surface area contributed by atoms with Crippen molar-refractivity contribution >= 4 is 33.0 Å². The zero-order valence-corrected chi connectivity index (χ0v) is 18.0. The van der Waals surface area contributed by atoms with Gasteiger partial charge in [-0.2, -0.15) is 4.31 Å². The minimum absolute atomic E-state index is 0.163. The van der Waals surface area contributed by atoms with Crippen LogP contribution >= 0.6 is 11.3 Å². The van der Waals surface area contributed by atoms with Crippen molar-refractivity contribution in [3.05, 3.63) is 46.2 Å². The lowest BCUT2D eigenvalue weighted by Gasteiger charge is -2.26. The van der Waals surface area contributed by atoms with Crippen LogP contribution < -0.4 is 5.32 Å². The number of anilines is 1. The van der Waals surface area contributed by atoms with E-state index < -0.39 is 10.0 Å². The summed E-state index contributed by atoms with van der Waals surface area (Å²) in [5.41, 5.74) is 1.20. The molecule has 152 valence electrons. The van der Waals surface area contributed by atoms with E-state index in [1.807, 2.05) is 29.5 Å². The van der Waals surface area contributed by atoms with Crippen molar-refractivity contribution in [3.8, 4) is 0 Å². The molecule has 1 N–H and O–H groups in total. The SMILES string of the molecule is Cc1ccc(NC(=O)CN(C)Cc2cccs2)cc1S(=O)(=O)N1CCCCC1. The van der Waals surface area contributed by atoms with Crippen molar-refractivity contribution in [2.75, 3.05) is 32.0 Å². The number of thiophene rings is 1. The number of likely N-dealkylation sites (N-methyl/N-ethyl adjacent to an activating group) is 1. The van der Waals surface area contributed by atoms with Gasteiger partial charge in [-0.3, -0.25) is 9.69 Å². The molecule has 0 spiro atoms. The van der Waals surface area contributed by atoms with Crippen LogP contribution in [0, 0.1) is 6.92 Å². The fourth-order valence-electron chi connectivity index (χ4n) is 3.37. The van der Waals surface area contributed by atoms with Crippen LogP contribution in [0.1, 0.15) is 29.7 Å². The Hall–Kier alpha value is -1.74. The van der Waals surface area contributed by atoms with Crippen LogP contribution in [-0.4, -0.2) is 50.2 Å². The molecule has 6 nitrogen and oxygen atoms in total. The number of carbonyl (C=O) groups excluding carboxylic acids is 1. The minimum atomic E-state index is -3.54. The predicted molar refractivity (Wildman–Crippen MR) is 113 cm³/mol. The van der Waals surface area contributed by atoms with E-state index in [1.165, 1.54) is 4.88 Å². The molecule has 2 heterocycles. The maximum atomic E-state index is 13.0. The highest BCUT2D eigenvalue weighted by atomic mass is 32.2. The first-order chi connectivity index (χ1) is 13.4. The summed E-state index contributed by atoms with van der Waals surface area (Å²) in [6.07, 6.45) is 2.86. The van der Waals surface area contributed by atoms with E-state index in [2.05, 4.69) is 5.32 Å². The van der Waals surface area contributed by atoms with Crippen molar-refractivity contribution in [3.63, 3.8) is 0 Å². The van der Waals surface area contributed by atoms with Crippen LogP contribution in [0.5, 0.6) is 0 Å². The van der Waals surface area contributed by atoms with Crippen molar-refractivity contribution < 1.29 is 13.2 Å². The molecule has 1 aromatic heterocycles. The maximum absolute atomic E-state index is 13.0. The predicted octanol–water partition coefficient (Wildman–Crippen LogP) is 3.30. The van der Waals surface area contributed by atoms with Gasteiger partial charge in [0, 0.05) is 30.2 Å². The Bertz CT molecular complexity index is 905. The van der Waals surface area contributed by atoms with Crippen molar-refractivity contribution in [1.29, 1.82) is 0 Å². The van der Waals surface area contributed by atoms with Gasteiger partial charge in [0.15, 0.2) is 0 Å². The van der Waals surface area contributed by atoms with Crippen LogP contribution in [-0.2, 0) is 21.4 Å². The molecule has 0 saturated carbocycles. The molecule has 1 fully saturated rings. The van der Waals surface area contributed by atoms with E-state index in [4.69, 9.17) is 0 Å². The van der Waals surface area contributed by atoms with Gasteiger partial charge in [0.1, 0.15) is 0 Å². The Kier molecular flexibility index (Phi) is 6.87. The molecule has 28 heavy (non-hydrogen) atoms. The summed E-state index contributed by atoms with van der Waals surface area (Å²) in [6.45, 7) is 3.85. The summed E-state index contributed by atoms with van der Waals surface area (Å²) >= 11 is 1.66. The van der Waals surface area contributed by atoms with Gasteiger partial charge >= 0.3 is 0 Å². The number of sulfonamides is 1. The van der Waals surface area contributed by atoms with E-state index in [1.54, 1.807) is 40.8 Å². The lowest BCUT2D eigenvalue weighted by Crippen LogP contribution is -2.36. The number of rotatable bonds is 7. The maximum Gasteiger partial charge on any atom is 0.243 e. The van der Waals surface area contributed by atoms with Crippen LogP contribution in [0.2, 0.25) is 0 Å². The standard InChI is InChI=1S/C20H27N3O3S2/c1-16-8-9-17(13-19(16)28(25,26)23-10-4-3-5-11-23)21-20(24)15-22(2)14-18-7-6-12-27-18/h6-9,12-13H,3-5,10-11,14-15H2,1-2H3,(H,21,24). The van der Waals surface area contributed by atoms with Gasteiger partial charge in [-0.15, -0.1) is 11.3 Å². The number of piperidine rings is 1. The molecule has 0 bridgehead atoms. The zero-order valence-electron chi connectivity index (χ0n) is 16.3. The first-order valence-corrected chi connectivity index (χ1v) is 11.8. The smallest absolute Gasteiger partial charge is 0.243 e. The van der Waals surface area contributed by atoms with E-state index in [0.29, 0.717) is 30.9 Å². The second-order valence-corrected chi connectivity index (χ2v) is 10.2. The minimum Gasteiger partial charge on any atom is -0.325 e. The highest BCUT2D eigenvalue weighted by molar-refractivity contribution is 7.89. The molecule has 2 aromatic rings. The van der Waals surface area contributed by atoms with Gasteiger partial charge in [-0.1, -0.05) is 18.6 Å². The normalized spacial score (nSPS) is 15.7. The quantitative estimate of drug-likeness (QED) is 0.745. The van der Waals surface area contributed by atoms with Crippen LogP contribution in [0.25, 0.3) is 0 Å². The Morgan fingerprint density at radius 2 is 1.96 bits per heavy atom. The van der Waals surface area contributed by atoms with E-state index >= 15 is 0 Å². The van der Waals surface area contributed by atoms with Crippen LogP contribution in [0.4, 0.5) is 5.69 Å². The van der Waals surface area contributed by atoms with Crippen LogP contribution in [0.3, 0.4) is 0 Å². The fraction of sp³-hybridized carbons (Fsp3) is 0.450. The number of benzene rings is 1. The summed E-state index contributed by atoms with van der Waals surface area (Å²) in [4.78, 5) is 15.8. The molecular formula is C20H27N3O3S2. The molecule has 8 heteroatoms. The van der Waals surface area contributed by atoms with Crippen molar-refractivity contribution in [2.24, 2.45) is 0 Å². The molecule has 0 radical (unpaired) electrons. The molecule has 3 rings (SSSR count). The third-order valence-electron chi connectivity index (χ3n) is 4.82. The monoisotopic (exact) mass is 421 g/mol. The van der Waals surface area contributed by atoms with Gasteiger partial charge in [0.2, 0.25) is 15.9 Å². The summed E-state index contributed by atoms with van der Waals surface area (Å²) in [6, 6.07) is 9.11. The third-order valence-corrected chi connectivity index (χ3v) is 7.73. The molecule has 1 aliphatic heterocycles. The third kappa shape index (κ3) is 5.20. The Morgan fingerprint density at radius 3 is 2.64 bits per heavy atom. The Morgan fingerprint density at radius 1 is 1.21 bits per heavy atom. The number of amides is 1. The van der Waals surface area contributed by atoms with E-state index in [-0.39, 0.29) is 17.3 Å². The number of carbonyl (C=O) groups is 1. The summed E-state index contributed by atoms with van der Waals surface area (Å²) in [5, 5.41) is 4.85. The fourth-order valence-corrected chi connectivity index (χ4v) is 5.92. The second-order valence-electron chi connectivity index (χ2n) is 7.24. The van der Waals surface area contributed by atoms with Gasteiger partial charge in [-0.05, 0) is 56.0 Å². The largest absolute Gasteiger partial charge is 0.325 e. The molecule has 1 aromatic carbocycles. The number of nitrogens with zero attached hydrogens (tertiary/aromatic N) is 2. The van der Waals surface area contributed by atoms with Crippen molar-refractivity contribution in [2.45, 2.75) is 37.6 Å². The first kappa shape index (κ1) is 21.0. The summed E-state index contributed by atoms with van der Waals surface area (Å²) in [5.74, 6) is -0.163. The lowest BCUT2D eigenvalue weighted by molar-refractivity contribution is -0.117. The Labute approximate surface area is 171 Å². The van der Waals surface area contributed by atoms with E-state index in [9.17, 15) is 13.2 Å². The number of nitrogens with one attached hydrogen (secondary N) is 1. The summed E-state index contributed by atoms with van der Waals surface area (Å²) < 4.78 is 27.6. The highest BCUT2D eigenvalue weighted by Gasteiger charge is 2.27. The number of hydrogen-bond donors (Lipinski definition) is 1. The molecule has 0 unspecified atom stereocenters. The van der Waals surface area contributed by atoms with Gasteiger partial charge < -0.3 is 5.32 Å². The number of aryl methyl sites for hydroxylation is 1. The zero-order chi connectivity index (χ0) is 20.1. The first-order valence-electron chi connectivity index (χ1n) is 9.48. The van der Waals surface area contributed by atoms with Crippen LogP contribution in [0.15, 0.2) is 40.6 Å². The topological polar surface area (TPSA) is 69.7 Å². The molecule has 1 amide bonds. The van der Waals surface area contributed by atoms with Gasteiger partial charge in [0.05, 0.1) is 11.4 Å². The Balaban J connectivity index is 1.67. The molecule has 0 aliphatic carbocycles. The molecule has 1 aliphatic rings. The highest BCUT2D eigenvalue weighted by Crippen LogP contribution is 2.26. The van der Waals surface area contributed by atoms with Gasteiger partial charge in [0.25, 0.3) is 0 Å². The lowest BCUT2D eigenvalue weighted by atomic mass is 10.2. The second kappa shape index (κ2) is 9.17. The summed E-state index contributed by atoms with van der Waals surface area (Å²) in [7, 11) is -1.65. The molecule has 1 saturated heterocycles. The van der Waals surface area contributed by atoms with Gasteiger partial charge in [-0.25, -0.2) is 8.42 Å². The average Bonchev–Trinajstić information content (AvgIpc) is 3.16. The van der Waals surface area contributed by atoms with Crippen molar-refractivity contribution in [1.82, 2.24) is 9.21 Å². The molecular weight excluding hydrogens is 394 g/mol. The number of hydrogen-bond acceptors (Lipinski definition) is 5. The molecule has 0 atom stereocenters. The van der Waals surface area contributed by atoms with E-state index in [0.717, 1.165) is 19.3 Å². The average molecular weight is 422 g/mol.